The average Bonchev–Trinajstić information content (AvgIpc) is 2.78. The van der Waals surface area contributed by atoms with Crippen LogP contribution in [-0.4, -0.2) is 37.5 Å². The van der Waals surface area contributed by atoms with Crippen molar-refractivity contribution in [3.05, 3.63) is 30.5 Å². The van der Waals surface area contributed by atoms with Crippen molar-refractivity contribution in [2.45, 2.75) is 11.6 Å². The van der Waals surface area contributed by atoms with Crippen LogP contribution in [-0.2, 0) is 16.6 Å². The Bertz CT molecular complexity index is 466. The van der Waals surface area contributed by atoms with Gasteiger partial charge in [-0.2, -0.15) is 4.31 Å². The normalized spacial score (nSPS) is 11.9. The van der Waals surface area contributed by atoms with Crippen molar-refractivity contribution < 1.29 is 17.9 Å². The lowest BCUT2D eigenvalue weighted by molar-refractivity contribution is 0.257. The molecule has 0 atom stereocenters. The molecule has 96 valence electrons. The molecule has 17 heavy (non-hydrogen) atoms. The van der Waals surface area contributed by atoms with Gasteiger partial charge in [0.05, 0.1) is 13.2 Å². The molecule has 1 rings (SSSR count). The third-order valence-electron chi connectivity index (χ3n) is 2.11. The zero-order chi connectivity index (χ0) is 12.9. The van der Waals surface area contributed by atoms with E-state index in [1.807, 2.05) is 0 Å². The Balaban J connectivity index is 3.02. The van der Waals surface area contributed by atoms with Crippen molar-refractivity contribution in [2.24, 2.45) is 5.73 Å². The highest BCUT2D eigenvalue weighted by atomic mass is 32.2. The smallest absolute Gasteiger partial charge is 0.276 e. The lowest BCUT2D eigenvalue weighted by Crippen LogP contribution is -2.33. The van der Waals surface area contributed by atoms with Crippen molar-refractivity contribution in [1.29, 1.82) is 0 Å². The molecule has 0 aromatic carbocycles. The van der Waals surface area contributed by atoms with Crippen LogP contribution < -0.4 is 5.73 Å². The van der Waals surface area contributed by atoms with Gasteiger partial charge in [0.2, 0.25) is 5.09 Å². The maximum absolute atomic E-state index is 12.1. The minimum Gasteiger partial charge on any atom is -0.447 e. The number of aliphatic hydroxyl groups is 1. The van der Waals surface area contributed by atoms with E-state index in [0.717, 1.165) is 4.31 Å². The predicted molar refractivity (Wildman–Crippen MR) is 62.6 cm³/mol. The number of aliphatic hydroxyl groups excluding tert-OH is 1. The van der Waals surface area contributed by atoms with E-state index in [4.69, 9.17) is 15.3 Å². The van der Waals surface area contributed by atoms with Gasteiger partial charge < -0.3 is 15.3 Å². The van der Waals surface area contributed by atoms with Crippen molar-refractivity contribution >= 4 is 10.0 Å². The number of furan rings is 1. The molecule has 0 aliphatic heterocycles. The molecule has 6 nitrogen and oxygen atoms in total. The largest absolute Gasteiger partial charge is 0.447 e. The Labute approximate surface area is 100 Å². The highest BCUT2D eigenvalue weighted by Crippen LogP contribution is 2.18. The Kier molecular flexibility index (Phi) is 4.88. The topological polar surface area (TPSA) is 96.8 Å². The summed E-state index contributed by atoms with van der Waals surface area (Å²) in [5.74, 6) is 0.395. The lowest BCUT2D eigenvalue weighted by Gasteiger charge is -2.17. The van der Waals surface area contributed by atoms with Gasteiger partial charge in [0.15, 0.2) is 0 Å². The van der Waals surface area contributed by atoms with Gasteiger partial charge >= 0.3 is 0 Å². The predicted octanol–water partition coefficient (Wildman–Crippen LogP) is -0.0927. The van der Waals surface area contributed by atoms with Crippen LogP contribution in [0, 0.1) is 0 Å². The quantitative estimate of drug-likeness (QED) is 0.668. The number of rotatable bonds is 7. The first-order valence-electron chi connectivity index (χ1n) is 5.07. The van der Waals surface area contributed by atoms with E-state index in [1.165, 1.54) is 18.2 Å². The molecule has 0 aliphatic carbocycles. The van der Waals surface area contributed by atoms with E-state index in [0.29, 0.717) is 5.76 Å². The second-order valence-corrected chi connectivity index (χ2v) is 5.17. The van der Waals surface area contributed by atoms with Crippen LogP contribution in [0.4, 0.5) is 0 Å². The summed E-state index contributed by atoms with van der Waals surface area (Å²) in [5, 5.41) is 8.66. The molecular formula is C10H16N2O4S. The van der Waals surface area contributed by atoms with Crippen LogP contribution in [0.3, 0.4) is 0 Å². The SMILES string of the molecule is C=CCN(CCO)S(=O)(=O)c1ccc(CN)o1. The molecule has 0 unspecified atom stereocenters. The van der Waals surface area contributed by atoms with Crippen LogP contribution in [0.2, 0.25) is 0 Å². The standard InChI is InChI=1S/C10H16N2O4S/c1-2-5-12(6-7-13)17(14,15)10-4-3-9(8-11)16-10/h2-4,13H,1,5-8,11H2. The van der Waals surface area contributed by atoms with Crippen LogP contribution in [0.1, 0.15) is 5.76 Å². The summed E-state index contributed by atoms with van der Waals surface area (Å²) >= 11 is 0. The van der Waals surface area contributed by atoms with Gasteiger partial charge in [-0.25, -0.2) is 8.42 Å². The molecule has 0 saturated heterocycles. The van der Waals surface area contributed by atoms with Gasteiger partial charge in [-0.1, -0.05) is 6.08 Å². The van der Waals surface area contributed by atoms with E-state index < -0.39 is 10.0 Å². The third kappa shape index (κ3) is 3.16. The number of nitrogens with zero attached hydrogens (tertiary/aromatic N) is 1. The molecular weight excluding hydrogens is 244 g/mol. The van der Waals surface area contributed by atoms with Gasteiger partial charge in [-0.3, -0.25) is 0 Å². The first kappa shape index (κ1) is 13.9. The Morgan fingerprint density at radius 2 is 2.24 bits per heavy atom. The van der Waals surface area contributed by atoms with Crippen molar-refractivity contribution in [1.82, 2.24) is 4.31 Å². The van der Waals surface area contributed by atoms with Gasteiger partial charge in [-0.15, -0.1) is 6.58 Å². The lowest BCUT2D eigenvalue weighted by atomic mass is 10.5. The maximum atomic E-state index is 12.1. The summed E-state index contributed by atoms with van der Waals surface area (Å²) in [7, 11) is -3.73. The minimum atomic E-state index is -3.73. The molecule has 1 heterocycles. The fourth-order valence-electron chi connectivity index (χ4n) is 1.30. The van der Waals surface area contributed by atoms with Crippen molar-refractivity contribution in [3.63, 3.8) is 0 Å². The van der Waals surface area contributed by atoms with Gasteiger partial charge in [-0.05, 0) is 12.1 Å². The van der Waals surface area contributed by atoms with Crippen LogP contribution in [0.25, 0.3) is 0 Å². The van der Waals surface area contributed by atoms with Crippen molar-refractivity contribution in [3.8, 4) is 0 Å². The fourth-order valence-corrected chi connectivity index (χ4v) is 2.63. The molecule has 0 aliphatic rings. The number of hydrogen-bond donors (Lipinski definition) is 2. The first-order chi connectivity index (χ1) is 8.06. The van der Waals surface area contributed by atoms with Crippen LogP contribution >= 0.6 is 0 Å². The summed E-state index contributed by atoms with van der Waals surface area (Å²) in [4.78, 5) is 0. The van der Waals surface area contributed by atoms with E-state index in [9.17, 15) is 8.42 Å². The van der Waals surface area contributed by atoms with E-state index >= 15 is 0 Å². The van der Waals surface area contributed by atoms with Crippen molar-refractivity contribution in [2.75, 3.05) is 19.7 Å². The molecule has 0 amide bonds. The van der Waals surface area contributed by atoms with Gasteiger partial charge in [0.25, 0.3) is 10.0 Å². The molecule has 1 aromatic rings. The molecule has 1 aromatic heterocycles. The second-order valence-electron chi connectivity index (χ2n) is 3.30. The Morgan fingerprint density at radius 3 is 2.71 bits per heavy atom. The molecule has 0 bridgehead atoms. The summed E-state index contributed by atoms with van der Waals surface area (Å²) in [6.07, 6.45) is 1.44. The zero-order valence-electron chi connectivity index (χ0n) is 9.37. The minimum absolute atomic E-state index is 0.00693. The highest BCUT2D eigenvalue weighted by Gasteiger charge is 2.26. The molecule has 0 fully saturated rings. The summed E-state index contributed by atoms with van der Waals surface area (Å²) in [5.41, 5.74) is 5.34. The molecule has 3 N–H and O–H groups in total. The van der Waals surface area contributed by atoms with Crippen LogP contribution in [0.5, 0.6) is 0 Å². The third-order valence-corrected chi connectivity index (χ3v) is 3.85. The zero-order valence-corrected chi connectivity index (χ0v) is 10.2. The monoisotopic (exact) mass is 260 g/mol. The van der Waals surface area contributed by atoms with Gasteiger partial charge in [0.1, 0.15) is 5.76 Å². The number of hydrogen-bond acceptors (Lipinski definition) is 5. The second kappa shape index (κ2) is 5.97. The van der Waals surface area contributed by atoms with E-state index in [1.54, 1.807) is 0 Å². The molecule has 0 spiro atoms. The molecule has 0 saturated carbocycles. The Hall–Kier alpha value is -1.15. The number of sulfonamides is 1. The fraction of sp³-hybridized carbons (Fsp3) is 0.400. The molecule has 7 heteroatoms. The molecule has 0 radical (unpaired) electrons. The summed E-state index contributed by atoms with van der Waals surface area (Å²) < 4.78 is 30.3. The van der Waals surface area contributed by atoms with E-state index in [2.05, 4.69) is 6.58 Å². The van der Waals surface area contributed by atoms with Gasteiger partial charge in [0, 0.05) is 13.1 Å². The average molecular weight is 260 g/mol. The van der Waals surface area contributed by atoms with Crippen LogP contribution in [0.15, 0.2) is 34.3 Å². The number of nitrogens with two attached hydrogens (primary N) is 1. The van der Waals surface area contributed by atoms with E-state index in [-0.39, 0.29) is 31.3 Å². The summed E-state index contributed by atoms with van der Waals surface area (Å²) in [6.45, 7) is 3.45. The highest BCUT2D eigenvalue weighted by molar-refractivity contribution is 7.89. The summed E-state index contributed by atoms with van der Waals surface area (Å²) in [6, 6.07) is 2.86. The first-order valence-corrected chi connectivity index (χ1v) is 6.51. The Morgan fingerprint density at radius 1 is 1.53 bits per heavy atom. The maximum Gasteiger partial charge on any atom is 0.276 e.